The zero-order valence-electron chi connectivity index (χ0n) is 11.1. The monoisotopic (exact) mass is 269 g/mol. The Kier molecular flexibility index (Phi) is 4.29. The first-order chi connectivity index (χ1) is 8.55. The third kappa shape index (κ3) is 3.24. The second kappa shape index (κ2) is 5.58. The molecule has 3 heteroatoms. The van der Waals surface area contributed by atoms with E-state index in [9.17, 15) is 4.39 Å². The van der Waals surface area contributed by atoms with Crippen LogP contribution in [0.25, 0.3) is 0 Å². The van der Waals surface area contributed by atoms with Crippen molar-refractivity contribution in [3.8, 4) is 0 Å². The van der Waals surface area contributed by atoms with E-state index in [1.807, 2.05) is 0 Å². The van der Waals surface area contributed by atoms with Gasteiger partial charge in [0, 0.05) is 11.1 Å². The minimum absolute atomic E-state index is 0.204. The molecule has 1 saturated carbocycles. The maximum Gasteiger partial charge on any atom is 0.123 e. The van der Waals surface area contributed by atoms with Crippen molar-refractivity contribution in [2.45, 2.75) is 45.6 Å². The van der Waals surface area contributed by atoms with Gasteiger partial charge in [0.05, 0.1) is 0 Å². The highest BCUT2D eigenvalue weighted by Crippen LogP contribution is 2.49. The van der Waals surface area contributed by atoms with Crippen LogP contribution in [0.2, 0.25) is 5.02 Å². The first-order valence-corrected chi connectivity index (χ1v) is 7.10. The van der Waals surface area contributed by atoms with Crippen molar-refractivity contribution >= 4 is 11.6 Å². The lowest BCUT2D eigenvalue weighted by Gasteiger charge is -2.25. The molecule has 1 atom stereocenters. The number of benzene rings is 1. The van der Waals surface area contributed by atoms with Gasteiger partial charge in [0.15, 0.2) is 0 Å². The summed E-state index contributed by atoms with van der Waals surface area (Å²) in [6, 6.07) is 5.03. The molecule has 0 radical (unpaired) electrons. The largest absolute Gasteiger partial charge is 0.313 e. The molecular weight excluding hydrogens is 249 g/mol. The minimum Gasteiger partial charge on any atom is -0.313 e. The maximum atomic E-state index is 13.3. The van der Waals surface area contributed by atoms with Crippen molar-refractivity contribution in [3.05, 3.63) is 34.6 Å². The molecule has 0 aliphatic heterocycles. The van der Waals surface area contributed by atoms with E-state index < -0.39 is 0 Å². The zero-order valence-corrected chi connectivity index (χ0v) is 11.9. The Balaban J connectivity index is 2.10. The molecule has 0 spiro atoms. The van der Waals surface area contributed by atoms with Crippen LogP contribution in [0.5, 0.6) is 0 Å². The van der Waals surface area contributed by atoms with Gasteiger partial charge in [-0.1, -0.05) is 25.4 Å². The van der Waals surface area contributed by atoms with Crippen molar-refractivity contribution in [1.29, 1.82) is 0 Å². The van der Waals surface area contributed by atoms with E-state index in [2.05, 4.69) is 19.2 Å². The second-order valence-electron chi connectivity index (χ2n) is 5.60. The molecule has 1 aromatic rings. The smallest absolute Gasteiger partial charge is 0.123 e. The summed E-state index contributed by atoms with van der Waals surface area (Å²) in [4.78, 5) is 0. The topological polar surface area (TPSA) is 12.0 Å². The van der Waals surface area contributed by atoms with Gasteiger partial charge in [-0.15, -0.1) is 0 Å². The van der Waals surface area contributed by atoms with Gasteiger partial charge in [-0.3, -0.25) is 0 Å². The van der Waals surface area contributed by atoms with Gasteiger partial charge in [-0.05, 0) is 61.4 Å². The van der Waals surface area contributed by atoms with Crippen molar-refractivity contribution in [2.75, 3.05) is 6.54 Å². The lowest BCUT2D eigenvalue weighted by atomic mass is 9.92. The van der Waals surface area contributed by atoms with Crippen LogP contribution in [0.15, 0.2) is 18.2 Å². The molecule has 0 bridgehead atoms. The Morgan fingerprint density at radius 2 is 2.17 bits per heavy atom. The van der Waals surface area contributed by atoms with E-state index in [1.165, 1.54) is 18.9 Å². The number of rotatable bonds is 6. The standard InChI is InChI=1S/C15H21ClFN/c1-3-8-18-14(15(2)6-7-15)10-11-9-12(17)4-5-13(11)16/h4-5,9,14,18H,3,6-8,10H2,1-2H3. The van der Waals surface area contributed by atoms with E-state index in [1.54, 1.807) is 12.1 Å². The Labute approximate surface area is 114 Å². The number of halogens is 2. The molecule has 1 unspecified atom stereocenters. The molecule has 100 valence electrons. The summed E-state index contributed by atoms with van der Waals surface area (Å²) in [5.74, 6) is -0.204. The summed E-state index contributed by atoms with van der Waals surface area (Å²) in [6.07, 6.45) is 4.43. The predicted octanol–water partition coefficient (Wildman–Crippen LogP) is 4.19. The Morgan fingerprint density at radius 1 is 1.44 bits per heavy atom. The summed E-state index contributed by atoms with van der Waals surface area (Å²) >= 11 is 6.15. The fourth-order valence-electron chi connectivity index (χ4n) is 2.35. The van der Waals surface area contributed by atoms with Crippen molar-refractivity contribution in [2.24, 2.45) is 5.41 Å². The number of hydrogen-bond acceptors (Lipinski definition) is 1. The van der Waals surface area contributed by atoms with Crippen molar-refractivity contribution < 1.29 is 4.39 Å². The highest BCUT2D eigenvalue weighted by molar-refractivity contribution is 6.31. The second-order valence-corrected chi connectivity index (χ2v) is 6.01. The van der Waals surface area contributed by atoms with E-state index in [4.69, 9.17) is 11.6 Å². The van der Waals surface area contributed by atoms with Crippen LogP contribution >= 0.6 is 11.6 Å². The molecule has 0 amide bonds. The van der Waals surface area contributed by atoms with Crippen molar-refractivity contribution in [3.63, 3.8) is 0 Å². The molecule has 0 saturated heterocycles. The van der Waals surface area contributed by atoms with Gasteiger partial charge in [-0.25, -0.2) is 4.39 Å². The molecule has 0 heterocycles. The van der Waals surface area contributed by atoms with E-state index in [-0.39, 0.29) is 5.82 Å². The Bertz CT molecular complexity index is 415. The quantitative estimate of drug-likeness (QED) is 0.817. The molecule has 1 aliphatic rings. The Morgan fingerprint density at radius 3 is 2.78 bits per heavy atom. The lowest BCUT2D eigenvalue weighted by Crippen LogP contribution is -2.38. The molecule has 2 rings (SSSR count). The SMILES string of the molecule is CCCNC(Cc1cc(F)ccc1Cl)C1(C)CC1. The summed E-state index contributed by atoms with van der Waals surface area (Å²) < 4.78 is 13.3. The van der Waals surface area contributed by atoms with Crippen LogP contribution < -0.4 is 5.32 Å². The van der Waals surface area contributed by atoms with Crippen LogP contribution in [0, 0.1) is 11.2 Å². The predicted molar refractivity (Wildman–Crippen MR) is 74.5 cm³/mol. The third-order valence-electron chi connectivity index (χ3n) is 3.95. The summed E-state index contributed by atoms with van der Waals surface area (Å²) in [5.41, 5.74) is 1.28. The average molecular weight is 270 g/mol. The summed E-state index contributed by atoms with van der Waals surface area (Å²) in [7, 11) is 0. The molecular formula is C15H21ClFN. The first-order valence-electron chi connectivity index (χ1n) is 6.72. The fraction of sp³-hybridized carbons (Fsp3) is 0.600. The molecule has 1 aromatic carbocycles. The molecule has 18 heavy (non-hydrogen) atoms. The van der Waals surface area contributed by atoms with E-state index in [0.29, 0.717) is 16.5 Å². The molecule has 1 nitrogen and oxygen atoms in total. The van der Waals surface area contributed by atoms with Gasteiger partial charge in [0.25, 0.3) is 0 Å². The summed E-state index contributed by atoms with van der Waals surface area (Å²) in [6.45, 7) is 5.47. The van der Waals surface area contributed by atoms with E-state index in [0.717, 1.165) is 24.9 Å². The van der Waals surface area contributed by atoms with Crippen molar-refractivity contribution in [1.82, 2.24) is 5.32 Å². The molecule has 1 fully saturated rings. The van der Waals surface area contributed by atoms with Gasteiger partial charge >= 0.3 is 0 Å². The Hall–Kier alpha value is -0.600. The molecule has 0 aromatic heterocycles. The highest BCUT2D eigenvalue weighted by Gasteiger charge is 2.44. The van der Waals surface area contributed by atoms with Gasteiger partial charge in [0.1, 0.15) is 5.82 Å². The summed E-state index contributed by atoms with van der Waals surface area (Å²) in [5, 5.41) is 4.26. The first kappa shape index (κ1) is 13.8. The number of nitrogens with one attached hydrogen (secondary N) is 1. The average Bonchev–Trinajstić information content (AvgIpc) is 3.08. The molecule has 1 aliphatic carbocycles. The number of hydrogen-bond donors (Lipinski definition) is 1. The van der Waals surface area contributed by atoms with Crippen LogP contribution in [0.4, 0.5) is 4.39 Å². The van der Waals surface area contributed by atoms with Crippen LogP contribution in [-0.4, -0.2) is 12.6 Å². The van der Waals surface area contributed by atoms with Crippen LogP contribution in [0.3, 0.4) is 0 Å². The highest BCUT2D eigenvalue weighted by atomic mass is 35.5. The fourth-order valence-corrected chi connectivity index (χ4v) is 2.54. The van der Waals surface area contributed by atoms with Gasteiger partial charge < -0.3 is 5.32 Å². The van der Waals surface area contributed by atoms with Crippen LogP contribution in [0.1, 0.15) is 38.7 Å². The van der Waals surface area contributed by atoms with E-state index >= 15 is 0 Å². The lowest BCUT2D eigenvalue weighted by molar-refractivity contribution is 0.354. The maximum absolute atomic E-state index is 13.3. The van der Waals surface area contributed by atoms with Gasteiger partial charge in [0.2, 0.25) is 0 Å². The third-order valence-corrected chi connectivity index (χ3v) is 4.32. The normalized spacial score (nSPS) is 18.7. The van der Waals surface area contributed by atoms with Gasteiger partial charge in [-0.2, -0.15) is 0 Å². The zero-order chi connectivity index (χ0) is 13.2. The minimum atomic E-state index is -0.204. The molecule has 1 N–H and O–H groups in total. The van der Waals surface area contributed by atoms with Crippen LogP contribution in [-0.2, 0) is 6.42 Å².